The predicted molar refractivity (Wildman–Crippen MR) is 99.5 cm³/mol. The first-order chi connectivity index (χ1) is 12.6. The van der Waals surface area contributed by atoms with Crippen LogP contribution >= 0.6 is 0 Å². The van der Waals surface area contributed by atoms with Gasteiger partial charge in [0.25, 0.3) is 0 Å². The highest BCUT2D eigenvalue weighted by Crippen LogP contribution is 2.56. The molecule has 5 heteroatoms. The smallest absolute Gasteiger partial charge is 0.231 e. The van der Waals surface area contributed by atoms with Gasteiger partial charge < -0.3 is 9.42 Å². The third-order valence-corrected chi connectivity index (χ3v) is 6.28. The van der Waals surface area contributed by atoms with Crippen molar-refractivity contribution in [2.24, 2.45) is 17.8 Å². The lowest BCUT2D eigenvalue weighted by Crippen LogP contribution is -2.40. The number of hydrogen-bond donors (Lipinski definition) is 0. The number of rotatable bonds is 5. The number of benzene rings is 1. The zero-order valence-electron chi connectivity index (χ0n) is 15.8. The van der Waals surface area contributed by atoms with E-state index >= 15 is 0 Å². The molecule has 2 bridgehead atoms. The maximum Gasteiger partial charge on any atom is 0.231 e. The molecule has 0 unspecified atom stereocenters. The lowest BCUT2D eigenvalue weighted by atomic mass is 9.78. The Hall–Kier alpha value is -2.17. The van der Waals surface area contributed by atoms with Crippen LogP contribution in [0.2, 0.25) is 0 Å². The standard InChI is InChI=1S/C21H27N3O2/c1-4-24(5-2)21(25)18-15-10-9-14(12-15)17(18)20-22-19(23-26-20)16-8-6-7-13(3)11-16/h6-8,11,14-15,17-18H,4-5,9-10,12H2,1-3H3/t14-,15+,17+,18+/m1/s1. The molecule has 0 saturated heterocycles. The Bertz CT molecular complexity index is 796. The molecule has 4 atom stereocenters. The topological polar surface area (TPSA) is 59.2 Å². The molecule has 2 fully saturated rings. The number of carbonyl (C=O) groups is 1. The Morgan fingerprint density at radius 1 is 1.23 bits per heavy atom. The van der Waals surface area contributed by atoms with Crippen LogP contribution in [0.4, 0.5) is 0 Å². The highest BCUT2D eigenvalue weighted by Gasteiger charge is 2.54. The van der Waals surface area contributed by atoms with E-state index in [9.17, 15) is 4.79 Å². The van der Waals surface area contributed by atoms with E-state index < -0.39 is 0 Å². The van der Waals surface area contributed by atoms with Crippen molar-refractivity contribution in [1.82, 2.24) is 15.0 Å². The first kappa shape index (κ1) is 17.3. The minimum absolute atomic E-state index is 0.000500. The maximum absolute atomic E-state index is 13.1. The van der Waals surface area contributed by atoms with E-state index in [1.807, 2.05) is 30.9 Å². The van der Waals surface area contributed by atoms with Crippen LogP contribution in [0.25, 0.3) is 11.4 Å². The summed E-state index contributed by atoms with van der Waals surface area (Å²) in [7, 11) is 0. The molecule has 138 valence electrons. The van der Waals surface area contributed by atoms with E-state index in [2.05, 4.69) is 24.2 Å². The van der Waals surface area contributed by atoms with E-state index in [0.717, 1.165) is 31.5 Å². The fourth-order valence-electron chi connectivity index (χ4n) is 5.02. The van der Waals surface area contributed by atoms with Gasteiger partial charge in [-0.3, -0.25) is 4.79 Å². The van der Waals surface area contributed by atoms with E-state index in [0.29, 0.717) is 23.6 Å². The van der Waals surface area contributed by atoms with Gasteiger partial charge in [-0.05, 0) is 57.9 Å². The summed E-state index contributed by atoms with van der Waals surface area (Å²) >= 11 is 0. The van der Waals surface area contributed by atoms with Gasteiger partial charge in [0, 0.05) is 18.7 Å². The Kier molecular flexibility index (Phi) is 4.55. The summed E-state index contributed by atoms with van der Waals surface area (Å²) in [5, 5.41) is 4.22. The molecule has 2 aliphatic carbocycles. The molecule has 2 aliphatic rings. The van der Waals surface area contributed by atoms with Gasteiger partial charge in [-0.15, -0.1) is 0 Å². The van der Waals surface area contributed by atoms with Crippen LogP contribution in [0.3, 0.4) is 0 Å². The molecular formula is C21H27N3O2. The van der Waals surface area contributed by atoms with E-state index in [-0.39, 0.29) is 17.7 Å². The minimum atomic E-state index is -0.000500. The Labute approximate surface area is 154 Å². The molecule has 1 amide bonds. The van der Waals surface area contributed by atoms with Crippen molar-refractivity contribution in [1.29, 1.82) is 0 Å². The first-order valence-corrected chi connectivity index (χ1v) is 9.81. The molecule has 5 nitrogen and oxygen atoms in total. The molecular weight excluding hydrogens is 326 g/mol. The van der Waals surface area contributed by atoms with Crippen LogP contribution in [0.15, 0.2) is 28.8 Å². The Morgan fingerprint density at radius 2 is 2.00 bits per heavy atom. The van der Waals surface area contributed by atoms with Crippen LogP contribution in [0.5, 0.6) is 0 Å². The summed E-state index contributed by atoms with van der Waals surface area (Å²) in [6.07, 6.45) is 3.43. The summed E-state index contributed by atoms with van der Waals surface area (Å²) in [6.45, 7) is 7.67. The third kappa shape index (κ3) is 2.83. The number of hydrogen-bond acceptors (Lipinski definition) is 4. The zero-order valence-corrected chi connectivity index (χ0v) is 15.8. The summed E-state index contributed by atoms with van der Waals surface area (Å²) in [5.74, 6) is 2.58. The average Bonchev–Trinajstić information content (AvgIpc) is 3.37. The average molecular weight is 353 g/mol. The van der Waals surface area contributed by atoms with Crippen molar-refractivity contribution in [2.75, 3.05) is 13.1 Å². The number of aromatic nitrogens is 2. The first-order valence-electron chi connectivity index (χ1n) is 9.81. The lowest BCUT2D eigenvalue weighted by molar-refractivity contribution is -0.137. The Balaban J connectivity index is 1.64. The molecule has 4 rings (SSSR count). The van der Waals surface area contributed by atoms with Crippen molar-refractivity contribution in [3.05, 3.63) is 35.7 Å². The van der Waals surface area contributed by atoms with Gasteiger partial charge in [0.1, 0.15) is 0 Å². The van der Waals surface area contributed by atoms with Crippen LogP contribution in [0, 0.1) is 24.7 Å². The number of aryl methyl sites for hydroxylation is 1. The predicted octanol–water partition coefficient (Wildman–Crippen LogP) is 4.04. The fraction of sp³-hybridized carbons (Fsp3) is 0.571. The Morgan fingerprint density at radius 3 is 2.73 bits per heavy atom. The third-order valence-electron chi connectivity index (χ3n) is 6.28. The second kappa shape index (κ2) is 6.86. The zero-order chi connectivity index (χ0) is 18.3. The van der Waals surface area contributed by atoms with Crippen LogP contribution in [-0.2, 0) is 4.79 Å². The number of amides is 1. The van der Waals surface area contributed by atoms with Gasteiger partial charge in [-0.2, -0.15) is 4.98 Å². The molecule has 2 saturated carbocycles. The van der Waals surface area contributed by atoms with Crippen LogP contribution < -0.4 is 0 Å². The SMILES string of the molecule is CCN(CC)C(=O)[C@H]1[C@H]2CC[C@H](C2)[C@@H]1c1nc(-c2cccc(C)c2)no1. The highest BCUT2D eigenvalue weighted by molar-refractivity contribution is 5.80. The van der Waals surface area contributed by atoms with Gasteiger partial charge in [0.15, 0.2) is 0 Å². The van der Waals surface area contributed by atoms with Gasteiger partial charge >= 0.3 is 0 Å². The molecule has 26 heavy (non-hydrogen) atoms. The van der Waals surface area contributed by atoms with Gasteiger partial charge in [-0.25, -0.2) is 0 Å². The molecule has 2 aromatic rings. The van der Waals surface area contributed by atoms with Crippen molar-refractivity contribution in [2.45, 2.75) is 46.0 Å². The van der Waals surface area contributed by atoms with Crippen molar-refractivity contribution < 1.29 is 9.32 Å². The second-order valence-corrected chi connectivity index (χ2v) is 7.72. The van der Waals surface area contributed by atoms with E-state index in [4.69, 9.17) is 9.51 Å². The second-order valence-electron chi connectivity index (χ2n) is 7.72. The quantitative estimate of drug-likeness (QED) is 0.814. The molecule has 1 aromatic carbocycles. The van der Waals surface area contributed by atoms with Crippen molar-refractivity contribution in [3.8, 4) is 11.4 Å². The largest absolute Gasteiger partial charge is 0.343 e. The fourth-order valence-corrected chi connectivity index (χ4v) is 5.02. The van der Waals surface area contributed by atoms with Crippen LogP contribution in [0.1, 0.15) is 50.5 Å². The van der Waals surface area contributed by atoms with Gasteiger partial charge in [0.2, 0.25) is 17.6 Å². The number of fused-ring (bicyclic) bond motifs is 2. The molecule has 0 radical (unpaired) electrons. The van der Waals surface area contributed by atoms with E-state index in [1.54, 1.807) is 0 Å². The summed E-state index contributed by atoms with van der Waals surface area (Å²) in [5.41, 5.74) is 2.14. The highest BCUT2D eigenvalue weighted by atomic mass is 16.5. The molecule has 1 heterocycles. The minimum Gasteiger partial charge on any atom is -0.343 e. The normalized spacial score (nSPS) is 27.0. The number of carbonyl (C=O) groups excluding carboxylic acids is 1. The van der Waals surface area contributed by atoms with Crippen LogP contribution in [-0.4, -0.2) is 34.0 Å². The van der Waals surface area contributed by atoms with Crippen molar-refractivity contribution in [3.63, 3.8) is 0 Å². The summed E-state index contributed by atoms with van der Waals surface area (Å²) in [6, 6.07) is 8.12. The molecule has 0 spiro atoms. The van der Waals surface area contributed by atoms with Gasteiger partial charge in [0.05, 0.1) is 11.8 Å². The van der Waals surface area contributed by atoms with Crippen molar-refractivity contribution >= 4 is 5.91 Å². The molecule has 0 aliphatic heterocycles. The van der Waals surface area contributed by atoms with Gasteiger partial charge in [-0.1, -0.05) is 28.9 Å². The maximum atomic E-state index is 13.1. The monoisotopic (exact) mass is 353 g/mol. The number of nitrogens with zero attached hydrogens (tertiary/aromatic N) is 3. The summed E-state index contributed by atoms with van der Waals surface area (Å²) in [4.78, 5) is 19.8. The lowest BCUT2D eigenvalue weighted by Gasteiger charge is -2.31. The summed E-state index contributed by atoms with van der Waals surface area (Å²) < 4.78 is 5.69. The molecule has 0 N–H and O–H groups in total. The molecule has 1 aromatic heterocycles. The van der Waals surface area contributed by atoms with E-state index in [1.165, 1.54) is 12.0 Å².